The molecule has 90 heavy (non-hydrogen) atoms. The number of para-hydroxylation sites is 1. The van der Waals surface area contributed by atoms with Crippen LogP contribution in [0.4, 0.5) is 34.3 Å². The first-order valence-electron chi connectivity index (χ1n) is 32.1. The summed E-state index contributed by atoms with van der Waals surface area (Å²) in [5.74, 6) is 2.33. The highest BCUT2D eigenvalue weighted by atomic mass is 32.2. The number of nitro benzene ring substituents is 1. The van der Waals surface area contributed by atoms with Crippen molar-refractivity contribution in [3.63, 3.8) is 0 Å². The molecule has 0 unspecified atom stereocenters. The maximum absolute atomic E-state index is 14.9. The summed E-state index contributed by atoms with van der Waals surface area (Å²) in [6.07, 6.45) is 10.8. The fourth-order valence-electron chi connectivity index (χ4n) is 15.2. The number of hydrogen-bond acceptors (Lipinski definition) is 19. The Morgan fingerprint density at radius 1 is 0.911 bits per heavy atom. The molecular formula is C67H81N11O11S. The molecule has 7 aliphatic rings. The third-order valence-corrected chi connectivity index (χ3v) is 21.5. The molecule has 4 N–H and O–H groups in total. The first-order valence-corrected chi connectivity index (χ1v) is 33.6. The van der Waals surface area contributed by atoms with Crippen LogP contribution in [0.3, 0.4) is 0 Å². The molecular weight excluding hydrogens is 1170 g/mol. The molecule has 3 atom stereocenters. The molecule has 6 fully saturated rings. The summed E-state index contributed by atoms with van der Waals surface area (Å²) in [4.78, 5) is 51.5. The van der Waals surface area contributed by atoms with Crippen molar-refractivity contribution < 1.29 is 46.6 Å². The highest BCUT2D eigenvalue weighted by molar-refractivity contribution is 7.90. The number of carbonyl (C=O) groups excluding carboxylic acids is 1. The first-order chi connectivity index (χ1) is 43.4. The number of pyridine rings is 2. The summed E-state index contributed by atoms with van der Waals surface area (Å²) in [5, 5.41) is 28.1. The summed E-state index contributed by atoms with van der Waals surface area (Å²) >= 11 is 0. The van der Waals surface area contributed by atoms with Gasteiger partial charge in [-0.25, -0.2) is 18.1 Å². The molecule has 22 nitrogen and oxygen atoms in total. The number of aromatic nitrogens is 3. The van der Waals surface area contributed by atoms with Crippen molar-refractivity contribution >= 4 is 72.2 Å². The summed E-state index contributed by atoms with van der Waals surface area (Å²) in [6, 6.07) is 24.0. The van der Waals surface area contributed by atoms with Gasteiger partial charge in [-0.15, -0.1) is 0 Å². The number of nitrogens with zero attached hydrogens (tertiary/aromatic N) is 8. The zero-order chi connectivity index (χ0) is 62.1. The van der Waals surface area contributed by atoms with Crippen LogP contribution < -0.4 is 34.2 Å². The number of piperazine rings is 1. The van der Waals surface area contributed by atoms with Gasteiger partial charge in [-0.2, -0.15) is 4.98 Å². The number of nitro groups is 1. The minimum Gasteiger partial charge on any atom is -0.491 e. The maximum Gasteiger partial charge on any atom is 0.293 e. The molecule has 0 bridgehead atoms. The number of benzene rings is 3. The number of piperidine rings is 1. The van der Waals surface area contributed by atoms with Gasteiger partial charge in [-0.05, 0) is 157 Å². The summed E-state index contributed by atoms with van der Waals surface area (Å²) in [6.45, 7) is 17.0. The molecule has 1 spiro atoms. The van der Waals surface area contributed by atoms with Gasteiger partial charge in [0.25, 0.3) is 21.6 Å². The molecule has 23 heteroatoms. The van der Waals surface area contributed by atoms with E-state index in [-0.39, 0.29) is 47.4 Å². The number of aliphatic hydroxyl groups is 1. The van der Waals surface area contributed by atoms with E-state index in [1.807, 2.05) is 50.5 Å². The number of aryl methyl sites for hydroxylation is 1. The lowest BCUT2D eigenvalue weighted by Crippen LogP contribution is -2.59. The lowest BCUT2D eigenvalue weighted by atomic mass is 9.59. The second-order valence-electron chi connectivity index (χ2n) is 26.6. The number of carbonyl (C=O) groups is 1. The Morgan fingerprint density at radius 2 is 1.71 bits per heavy atom. The molecule has 4 aromatic heterocycles. The number of sulfonamides is 1. The molecule has 9 heterocycles. The van der Waals surface area contributed by atoms with Gasteiger partial charge < -0.3 is 53.5 Å². The van der Waals surface area contributed by atoms with Crippen molar-refractivity contribution in [1.82, 2.24) is 29.5 Å². The number of nitrogens with one attached hydrogen (secondary N) is 3. The molecule has 1 amide bonds. The van der Waals surface area contributed by atoms with Gasteiger partial charge in [0, 0.05) is 112 Å². The van der Waals surface area contributed by atoms with Crippen LogP contribution in [0.15, 0.2) is 101 Å². The van der Waals surface area contributed by atoms with Gasteiger partial charge >= 0.3 is 0 Å². The molecule has 7 aromatic rings. The SMILES string of the molecule is Cc1cc2c(CN3CCN(C4CC5(CCN(c6ccc(C(=O)NS(=O)(=O)c7ccc(NC[C@H]8CC[C@](C)(O)CC8)c([N+](=O)[O-])c7)c(N7c8cc9cc[nH]c9nc8O[C@H]8COCC[C@@H]87)c6)CC5)C4)[C@@H](c4ccccc4OC(C)C)C3)cnc(N3CCOCC3)c2o1. The van der Waals surface area contributed by atoms with Crippen molar-refractivity contribution in [1.29, 1.82) is 0 Å². The van der Waals surface area contributed by atoms with E-state index >= 15 is 0 Å². The predicted molar refractivity (Wildman–Crippen MR) is 343 cm³/mol. The molecule has 5 aliphatic heterocycles. The van der Waals surface area contributed by atoms with Crippen molar-refractivity contribution in [2.24, 2.45) is 11.3 Å². The molecule has 2 saturated carbocycles. The smallest absolute Gasteiger partial charge is 0.293 e. The molecule has 3 aromatic carbocycles. The number of amides is 1. The van der Waals surface area contributed by atoms with E-state index in [1.165, 1.54) is 17.7 Å². The Hall–Kier alpha value is -7.54. The van der Waals surface area contributed by atoms with E-state index in [2.05, 4.69) is 83.7 Å². The number of anilines is 5. The Kier molecular flexibility index (Phi) is 16.2. The minimum absolute atomic E-state index is 0.0190. The van der Waals surface area contributed by atoms with E-state index in [9.17, 15) is 28.4 Å². The topological polar surface area (TPSA) is 246 Å². The largest absolute Gasteiger partial charge is 0.491 e. The van der Waals surface area contributed by atoms with Crippen LogP contribution in [0.25, 0.3) is 22.0 Å². The highest BCUT2D eigenvalue weighted by Crippen LogP contribution is 2.54. The summed E-state index contributed by atoms with van der Waals surface area (Å²) in [7, 11) is -4.66. The van der Waals surface area contributed by atoms with Crippen molar-refractivity contribution in [2.45, 2.75) is 133 Å². The average Bonchev–Trinajstić information content (AvgIpc) is 0.838. The van der Waals surface area contributed by atoms with Crippen molar-refractivity contribution in [3.8, 4) is 11.6 Å². The fraction of sp³-hybridized carbons (Fsp3) is 0.507. The van der Waals surface area contributed by atoms with Gasteiger partial charge in [0.15, 0.2) is 11.4 Å². The summed E-state index contributed by atoms with van der Waals surface area (Å²) in [5.41, 5.74) is 5.12. The number of hydrogen-bond donors (Lipinski definition) is 4. The number of furan rings is 1. The fourth-order valence-corrected chi connectivity index (χ4v) is 16.2. The van der Waals surface area contributed by atoms with Gasteiger partial charge in [-0.1, -0.05) is 18.2 Å². The van der Waals surface area contributed by atoms with Crippen LogP contribution in [0.1, 0.15) is 112 Å². The van der Waals surface area contributed by atoms with Crippen molar-refractivity contribution in [3.05, 3.63) is 124 Å². The van der Waals surface area contributed by atoms with E-state index in [0.717, 1.165) is 142 Å². The number of rotatable bonds is 16. The number of morpholine rings is 1. The Bertz CT molecular complexity index is 3930. The maximum atomic E-state index is 14.9. The second-order valence-corrected chi connectivity index (χ2v) is 28.3. The Labute approximate surface area is 524 Å². The molecule has 476 valence electrons. The number of fused-ring (bicyclic) bond motifs is 4. The van der Waals surface area contributed by atoms with Gasteiger partial charge in [0.2, 0.25) is 5.88 Å². The minimum atomic E-state index is -4.66. The van der Waals surface area contributed by atoms with Crippen LogP contribution in [0.2, 0.25) is 0 Å². The van der Waals surface area contributed by atoms with E-state index < -0.39 is 43.1 Å². The van der Waals surface area contributed by atoms with Crippen LogP contribution in [-0.2, 0) is 26.0 Å². The third kappa shape index (κ3) is 11.9. The zero-order valence-electron chi connectivity index (χ0n) is 51.7. The van der Waals surface area contributed by atoms with Crippen LogP contribution in [0, 0.1) is 28.4 Å². The lowest BCUT2D eigenvalue weighted by molar-refractivity contribution is -0.384. The first kappa shape index (κ1) is 60.0. The van der Waals surface area contributed by atoms with E-state index in [0.29, 0.717) is 74.6 Å². The molecule has 4 saturated heterocycles. The quantitative estimate of drug-likeness (QED) is 0.0519. The van der Waals surface area contributed by atoms with Crippen LogP contribution in [0.5, 0.6) is 11.6 Å². The summed E-state index contributed by atoms with van der Waals surface area (Å²) < 4.78 is 62.1. The number of H-pyrrole nitrogens is 1. The molecule has 2 aliphatic carbocycles. The normalized spacial score (nSPS) is 24.2. The average molecular weight is 1250 g/mol. The van der Waals surface area contributed by atoms with Gasteiger partial charge in [0.1, 0.15) is 34.6 Å². The number of aromatic amines is 1. The van der Waals surface area contributed by atoms with Gasteiger partial charge in [-0.3, -0.25) is 24.7 Å². The van der Waals surface area contributed by atoms with E-state index in [4.69, 9.17) is 33.3 Å². The molecule has 0 radical (unpaired) electrons. The van der Waals surface area contributed by atoms with Crippen molar-refractivity contribution in [2.75, 3.05) is 98.8 Å². The van der Waals surface area contributed by atoms with E-state index in [1.54, 1.807) is 6.07 Å². The Morgan fingerprint density at radius 3 is 2.50 bits per heavy atom. The van der Waals surface area contributed by atoms with Crippen LogP contribution >= 0.6 is 0 Å². The standard InChI is InChI=1S/C67H81N11O11S/c1-42(2)87-59-8-6-5-7-50(59)58-40-73(39-46-38-70-63(75-26-29-85-30-27-75)61-52(46)31-43(3)88-61)24-25-76(58)48-35-67(36-48)19-22-74(23-20-67)47-9-11-51(55(33-47)77-54-16-28-86-41-60(54)89-65-57(77)32-45-15-21-68-62(45)71-65)64(79)72-90(83,84)49-10-12-53(56(34-49)78(81)82)69-37-44-13-17-66(4,80)18-14-44/h5-12,15,21,31-34,38,42,44,48,54,58,60,69,80H,13-14,16-20,22-30,35-37,39-41H2,1-4H3,(H,68,71)(H,72,79)/t44-,54-,58+,60-,66-/m0/s1. The number of ether oxygens (including phenoxy) is 4. The Balaban J connectivity index is 0.713. The van der Waals surface area contributed by atoms with Gasteiger partial charge in [0.05, 0.1) is 64.7 Å². The molecule has 14 rings (SSSR count). The van der Waals surface area contributed by atoms with Crippen LogP contribution in [-0.4, -0.2) is 158 Å². The highest BCUT2D eigenvalue weighted by Gasteiger charge is 2.51. The third-order valence-electron chi connectivity index (χ3n) is 20.2. The monoisotopic (exact) mass is 1250 g/mol. The lowest BCUT2D eigenvalue weighted by Gasteiger charge is -2.58. The predicted octanol–water partition coefficient (Wildman–Crippen LogP) is 10.0. The second kappa shape index (κ2) is 24.3. The zero-order valence-corrected chi connectivity index (χ0v) is 52.5.